The van der Waals surface area contributed by atoms with E-state index in [9.17, 15) is 4.79 Å². The Morgan fingerprint density at radius 2 is 1.58 bits per heavy atom. The first-order chi connectivity index (χ1) is 16.0. The third kappa shape index (κ3) is 5.19. The van der Waals surface area contributed by atoms with Crippen LogP contribution in [0.3, 0.4) is 0 Å². The summed E-state index contributed by atoms with van der Waals surface area (Å²) in [6.07, 6.45) is 0. The minimum atomic E-state index is -0.0393. The molecule has 2 aromatic rings. The molecule has 0 spiro atoms. The molecule has 2 saturated heterocycles. The van der Waals surface area contributed by atoms with Crippen LogP contribution in [-0.4, -0.2) is 81.8 Å². The second kappa shape index (κ2) is 10.3. The largest absolute Gasteiger partial charge is 0.495 e. The molecule has 33 heavy (non-hydrogen) atoms. The van der Waals surface area contributed by atoms with Crippen LogP contribution in [0.5, 0.6) is 5.75 Å². The molecule has 0 unspecified atom stereocenters. The number of anilines is 3. The number of hydrogen-bond donors (Lipinski definition) is 1. The molecule has 4 rings (SSSR count). The van der Waals surface area contributed by atoms with Gasteiger partial charge in [0, 0.05) is 63.7 Å². The maximum Gasteiger partial charge on any atom is 0.321 e. The highest BCUT2D eigenvalue weighted by Crippen LogP contribution is 2.32. The van der Waals surface area contributed by atoms with E-state index in [-0.39, 0.29) is 6.03 Å². The molecule has 2 aliphatic heterocycles. The van der Waals surface area contributed by atoms with E-state index >= 15 is 0 Å². The van der Waals surface area contributed by atoms with Gasteiger partial charge in [-0.15, -0.1) is 0 Å². The van der Waals surface area contributed by atoms with E-state index in [1.54, 1.807) is 7.11 Å². The number of nitrogens with zero attached hydrogens (tertiary/aromatic N) is 4. The van der Waals surface area contributed by atoms with Gasteiger partial charge in [-0.2, -0.15) is 0 Å². The van der Waals surface area contributed by atoms with Gasteiger partial charge in [0.25, 0.3) is 0 Å². The van der Waals surface area contributed by atoms with Crippen molar-refractivity contribution in [3.05, 3.63) is 47.5 Å². The van der Waals surface area contributed by atoms with Crippen LogP contribution in [0.15, 0.2) is 36.4 Å². The molecule has 178 valence electrons. The SMILES string of the molecule is CCN1CCN(c2cc(NC(=O)N3CCN(c4cccc(C)c4C)CC3)ccc2OC)CC1. The number of nitrogens with one attached hydrogen (secondary N) is 1. The lowest BCUT2D eigenvalue weighted by atomic mass is 10.1. The van der Waals surface area contributed by atoms with E-state index in [1.165, 1.54) is 16.8 Å². The topological polar surface area (TPSA) is 51.3 Å². The summed E-state index contributed by atoms with van der Waals surface area (Å²) in [5, 5.41) is 3.11. The van der Waals surface area contributed by atoms with Crippen LogP contribution in [0.2, 0.25) is 0 Å². The number of benzene rings is 2. The predicted octanol–water partition coefficient (Wildman–Crippen LogP) is 3.81. The number of aryl methyl sites for hydroxylation is 1. The fourth-order valence-electron chi connectivity index (χ4n) is 4.75. The lowest BCUT2D eigenvalue weighted by molar-refractivity contribution is 0.208. The van der Waals surface area contributed by atoms with Gasteiger partial charge in [-0.25, -0.2) is 4.79 Å². The van der Waals surface area contributed by atoms with Gasteiger partial charge < -0.3 is 29.7 Å². The van der Waals surface area contributed by atoms with Crippen molar-refractivity contribution < 1.29 is 9.53 Å². The van der Waals surface area contributed by atoms with Gasteiger partial charge in [-0.1, -0.05) is 19.1 Å². The number of hydrogen-bond acceptors (Lipinski definition) is 5. The maximum atomic E-state index is 13.0. The smallest absolute Gasteiger partial charge is 0.321 e. The fraction of sp³-hybridized carbons (Fsp3) is 0.500. The Hall–Kier alpha value is -2.93. The zero-order chi connectivity index (χ0) is 23.4. The van der Waals surface area contributed by atoms with Gasteiger partial charge >= 0.3 is 6.03 Å². The molecule has 1 N–H and O–H groups in total. The van der Waals surface area contributed by atoms with Crippen molar-refractivity contribution in [2.24, 2.45) is 0 Å². The molecule has 0 atom stereocenters. The van der Waals surface area contributed by atoms with Crippen molar-refractivity contribution >= 4 is 23.1 Å². The average molecular weight is 452 g/mol. The van der Waals surface area contributed by atoms with E-state index in [0.717, 1.165) is 62.9 Å². The standard InChI is InChI=1S/C26H37N5O2/c1-5-28-11-13-30(14-12-28)24-19-22(9-10-25(24)33-4)27-26(32)31-17-15-29(16-18-31)23-8-6-7-20(2)21(23)3/h6-10,19H,5,11-18H2,1-4H3,(H,27,32). The van der Waals surface area contributed by atoms with E-state index in [2.05, 4.69) is 59.0 Å². The Morgan fingerprint density at radius 3 is 2.24 bits per heavy atom. The first kappa shape index (κ1) is 23.2. The third-order valence-corrected chi connectivity index (χ3v) is 7.07. The van der Waals surface area contributed by atoms with E-state index in [1.807, 2.05) is 23.1 Å². The zero-order valence-electron chi connectivity index (χ0n) is 20.4. The highest BCUT2D eigenvalue weighted by Gasteiger charge is 2.24. The minimum Gasteiger partial charge on any atom is -0.495 e. The summed E-state index contributed by atoms with van der Waals surface area (Å²) in [5.41, 5.74) is 5.76. The first-order valence-electron chi connectivity index (χ1n) is 12.0. The summed E-state index contributed by atoms with van der Waals surface area (Å²) in [7, 11) is 1.70. The van der Waals surface area contributed by atoms with Crippen LogP contribution < -0.4 is 19.9 Å². The molecular formula is C26H37N5O2. The van der Waals surface area contributed by atoms with Crippen LogP contribution in [-0.2, 0) is 0 Å². The molecule has 7 heteroatoms. The number of likely N-dealkylation sites (N-methyl/N-ethyl adjacent to an activating group) is 1. The van der Waals surface area contributed by atoms with Crippen LogP contribution in [0.1, 0.15) is 18.1 Å². The zero-order valence-corrected chi connectivity index (χ0v) is 20.4. The number of carbonyl (C=O) groups excluding carboxylic acids is 1. The number of methoxy groups -OCH3 is 1. The molecule has 0 aromatic heterocycles. The lowest BCUT2D eigenvalue weighted by Crippen LogP contribution is -2.50. The minimum absolute atomic E-state index is 0.0393. The van der Waals surface area contributed by atoms with E-state index in [4.69, 9.17) is 4.74 Å². The van der Waals surface area contributed by atoms with Gasteiger partial charge in [0.05, 0.1) is 12.8 Å². The predicted molar refractivity (Wildman–Crippen MR) is 136 cm³/mol. The number of piperazine rings is 2. The molecule has 2 aromatic carbocycles. The summed E-state index contributed by atoms with van der Waals surface area (Å²) in [6.45, 7) is 14.7. The molecule has 0 bridgehead atoms. The Labute approximate surface area is 197 Å². The highest BCUT2D eigenvalue weighted by atomic mass is 16.5. The van der Waals surface area contributed by atoms with Gasteiger partial charge in [0.2, 0.25) is 0 Å². The Balaban J connectivity index is 1.38. The second-order valence-electron chi connectivity index (χ2n) is 8.93. The number of rotatable bonds is 5. The van der Waals surface area contributed by atoms with Crippen molar-refractivity contribution in [3.8, 4) is 5.75 Å². The third-order valence-electron chi connectivity index (χ3n) is 7.07. The Morgan fingerprint density at radius 1 is 0.909 bits per heavy atom. The van der Waals surface area contributed by atoms with Crippen molar-refractivity contribution in [3.63, 3.8) is 0 Å². The molecule has 0 aliphatic carbocycles. The number of urea groups is 1. The Kier molecular flexibility index (Phi) is 7.28. The number of ether oxygens (including phenoxy) is 1. The van der Waals surface area contributed by atoms with Crippen LogP contribution >= 0.6 is 0 Å². The molecule has 0 radical (unpaired) electrons. The maximum absolute atomic E-state index is 13.0. The molecule has 2 amide bonds. The summed E-state index contributed by atoms with van der Waals surface area (Å²) in [5.74, 6) is 0.847. The van der Waals surface area contributed by atoms with Crippen molar-refractivity contribution in [2.45, 2.75) is 20.8 Å². The summed E-state index contributed by atoms with van der Waals surface area (Å²) in [4.78, 5) is 22.1. The molecule has 2 heterocycles. The highest BCUT2D eigenvalue weighted by molar-refractivity contribution is 5.90. The molecule has 0 saturated carbocycles. The quantitative estimate of drug-likeness (QED) is 0.749. The molecule has 2 fully saturated rings. The van der Waals surface area contributed by atoms with Crippen LogP contribution in [0.25, 0.3) is 0 Å². The van der Waals surface area contributed by atoms with Crippen molar-refractivity contribution in [2.75, 3.05) is 81.1 Å². The van der Waals surface area contributed by atoms with Crippen molar-refractivity contribution in [1.29, 1.82) is 0 Å². The summed E-state index contributed by atoms with van der Waals surface area (Å²) in [6, 6.07) is 12.3. The normalized spacial score (nSPS) is 17.3. The van der Waals surface area contributed by atoms with Gasteiger partial charge in [-0.05, 0) is 55.8 Å². The van der Waals surface area contributed by atoms with Gasteiger partial charge in [0.15, 0.2) is 0 Å². The average Bonchev–Trinajstić information content (AvgIpc) is 2.86. The fourth-order valence-corrected chi connectivity index (χ4v) is 4.75. The number of carbonyl (C=O) groups is 1. The summed E-state index contributed by atoms with van der Waals surface area (Å²) < 4.78 is 5.62. The monoisotopic (exact) mass is 451 g/mol. The van der Waals surface area contributed by atoms with Crippen LogP contribution in [0.4, 0.5) is 21.9 Å². The van der Waals surface area contributed by atoms with Gasteiger partial charge in [0.1, 0.15) is 5.75 Å². The van der Waals surface area contributed by atoms with E-state index < -0.39 is 0 Å². The number of amides is 2. The van der Waals surface area contributed by atoms with Crippen molar-refractivity contribution in [1.82, 2.24) is 9.80 Å². The molecule has 2 aliphatic rings. The second-order valence-corrected chi connectivity index (χ2v) is 8.93. The molecule has 7 nitrogen and oxygen atoms in total. The van der Waals surface area contributed by atoms with Gasteiger partial charge in [-0.3, -0.25) is 0 Å². The first-order valence-corrected chi connectivity index (χ1v) is 12.0. The lowest BCUT2D eigenvalue weighted by Gasteiger charge is -2.37. The van der Waals surface area contributed by atoms with E-state index in [0.29, 0.717) is 13.1 Å². The molecular weight excluding hydrogens is 414 g/mol. The van der Waals surface area contributed by atoms with Crippen LogP contribution in [0, 0.1) is 13.8 Å². The summed E-state index contributed by atoms with van der Waals surface area (Å²) >= 11 is 0. The Bertz CT molecular complexity index is 963.